The molecule has 1 atom stereocenters. The first kappa shape index (κ1) is 13.1. The van der Waals surface area contributed by atoms with Crippen molar-refractivity contribution in [3.63, 3.8) is 0 Å². The van der Waals surface area contributed by atoms with Crippen molar-refractivity contribution in [3.05, 3.63) is 29.3 Å². The van der Waals surface area contributed by atoms with Gasteiger partial charge in [-0.2, -0.15) is 0 Å². The lowest BCUT2D eigenvalue weighted by molar-refractivity contribution is 0.0945. The van der Waals surface area contributed by atoms with E-state index in [9.17, 15) is 9.82 Å². The van der Waals surface area contributed by atoms with E-state index in [0.29, 0.717) is 30.1 Å². The quantitative estimate of drug-likeness (QED) is 0.769. The summed E-state index contributed by atoms with van der Waals surface area (Å²) in [5.74, 6) is 0.373. The van der Waals surface area contributed by atoms with Gasteiger partial charge in [-0.1, -0.05) is 32.4 Å². The maximum Gasteiger partial charge on any atom is 0.491 e. The molecule has 0 saturated carbocycles. The van der Waals surface area contributed by atoms with E-state index < -0.39 is 7.12 Å². The molecule has 2 rings (SSSR count). The molecule has 0 aromatic heterocycles. The zero-order valence-corrected chi connectivity index (χ0v) is 10.8. The Balaban J connectivity index is 2.12. The molecule has 5 heteroatoms. The van der Waals surface area contributed by atoms with Crippen LogP contribution in [0.2, 0.25) is 0 Å². The minimum atomic E-state index is -0.901. The van der Waals surface area contributed by atoms with Gasteiger partial charge in [0.15, 0.2) is 0 Å². The highest BCUT2D eigenvalue weighted by Gasteiger charge is 2.30. The Labute approximate surface area is 107 Å². The zero-order chi connectivity index (χ0) is 13.1. The lowest BCUT2D eigenvalue weighted by atomic mass is 9.78. The number of benzene rings is 1. The second-order valence-electron chi connectivity index (χ2n) is 4.76. The largest absolute Gasteiger partial charge is 0.491 e. The van der Waals surface area contributed by atoms with Gasteiger partial charge >= 0.3 is 7.12 Å². The van der Waals surface area contributed by atoms with Crippen LogP contribution in [0.25, 0.3) is 0 Å². The maximum atomic E-state index is 12.1. The van der Waals surface area contributed by atoms with Crippen LogP contribution in [0.3, 0.4) is 0 Å². The molecule has 1 aliphatic heterocycles. The first-order valence-corrected chi connectivity index (χ1v) is 6.33. The van der Waals surface area contributed by atoms with Crippen LogP contribution in [0.15, 0.2) is 18.2 Å². The van der Waals surface area contributed by atoms with Crippen LogP contribution in [-0.2, 0) is 11.3 Å². The Morgan fingerprint density at radius 1 is 1.61 bits per heavy atom. The summed E-state index contributed by atoms with van der Waals surface area (Å²) in [5.41, 5.74) is 2.10. The zero-order valence-electron chi connectivity index (χ0n) is 10.8. The van der Waals surface area contributed by atoms with Crippen molar-refractivity contribution < 1.29 is 14.5 Å². The van der Waals surface area contributed by atoms with Gasteiger partial charge in [-0.05, 0) is 23.0 Å². The predicted octanol–water partition coefficient (Wildman–Crippen LogP) is 0.680. The molecule has 2 N–H and O–H groups in total. The Bertz CT molecular complexity index is 450. The van der Waals surface area contributed by atoms with E-state index in [1.54, 1.807) is 18.2 Å². The molecule has 0 radical (unpaired) electrons. The van der Waals surface area contributed by atoms with E-state index in [2.05, 4.69) is 19.2 Å². The van der Waals surface area contributed by atoms with Crippen LogP contribution in [0.1, 0.15) is 36.2 Å². The average molecular weight is 247 g/mol. The molecule has 0 spiro atoms. The molecule has 0 fully saturated rings. The number of carbonyl (C=O) groups excluding carboxylic acids is 1. The number of fused-ring (bicyclic) bond motifs is 1. The van der Waals surface area contributed by atoms with Gasteiger partial charge < -0.3 is 15.0 Å². The Morgan fingerprint density at radius 3 is 3.11 bits per heavy atom. The molecule has 1 aromatic rings. The standard InChI is InChI=1S/C13H18BNO3/c1-3-9(2)7-15-13(16)10-5-4-6-12-11(10)8-18-14(12)17/h4-6,9,17H,3,7-8H2,1-2H3,(H,15,16). The molecular formula is C13H18BNO3. The predicted molar refractivity (Wildman–Crippen MR) is 70.6 cm³/mol. The normalized spacial score (nSPS) is 15.4. The Kier molecular flexibility index (Phi) is 4.04. The van der Waals surface area contributed by atoms with Crippen LogP contribution < -0.4 is 10.8 Å². The van der Waals surface area contributed by atoms with Crippen LogP contribution in [0.5, 0.6) is 0 Å². The molecule has 1 amide bonds. The first-order valence-electron chi connectivity index (χ1n) is 6.33. The van der Waals surface area contributed by atoms with Crippen LogP contribution >= 0.6 is 0 Å². The number of carbonyl (C=O) groups is 1. The highest BCUT2D eigenvalue weighted by Crippen LogP contribution is 2.15. The van der Waals surface area contributed by atoms with E-state index >= 15 is 0 Å². The monoisotopic (exact) mass is 247 g/mol. The second kappa shape index (κ2) is 5.54. The first-order chi connectivity index (χ1) is 8.63. The van der Waals surface area contributed by atoms with Crippen molar-refractivity contribution in [2.75, 3.05) is 6.54 Å². The molecule has 1 heterocycles. The summed E-state index contributed by atoms with van der Waals surface area (Å²) >= 11 is 0. The van der Waals surface area contributed by atoms with Crippen LogP contribution in [-0.4, -0.2) is 24.6 Å². The fourth-order valence-corrected chi connectivity index (χ4v) is 1.97. The molecule has 1 aromatic carbocycles. The van der Waals surface area contributed by atoms with Crippen molar-refractivity contribution in [2.45, 2.75) is 26.9 Å². The van der Waals surface area contributed by atoms with E-state index in [0.717, 1.165) is 12.0 Å². The summed E-state index contributed by atoms with van der Waals surface area (Å²) in [6.45, 7) is 5.16. The van der Waals surface area contributed by atoms with Gasteiger partial charge in [0.25, 0.3) is 5.91 Å². The molecule has 18 heavy (non-hydrogen) atoms. The molecule has 0 aliphatic carbocycles. The van der Waals surface area contributed by atoms with Crippen LogP contribution in [0, 0.1) is 5.92 Å². The SMILES string of the molecule is CCC(C)CNC(=O)c1cccc2c1COB2O. The van der Waals surface area contributed by atoms with Gasteiger partial charge in [0.2, 0.25) is 0 Å². The second-order valence-corrected chi connectivity index (χ2v) is 4.76. The van der Waals surface area contributed by atoms with Crippen molar-refractivity contribution in [2.24, 2.45) is 5.92 Å². The summed E-state index contributed by atoms with van der Waals surface area (Å²) in [6, 6.07) is 5.33. The van der Waals surface area contributed by atoms with E-state index in [1.807, 2.05) is 0 Å². The minimum absolute atomic E-state index is 0.0927. The third-order valence-electron chi connectivity index (χ3n) is 3.42. The van der Waals surface area contributed by atoms with Gasteiger partial charge in [-0.15, -0.1) is 0 Å². The van der Waals surface area contributed by atoms with E-state index in [-0.39, 0.29) is 5.91 Å². The lowest BCUT2D eigenvalue weighted by Gasteiger charge is -2.12. The number of amides is 1. The van der Waals surface area contributed by atoms with Gasteiger partial charge in [0, 0.05) is 12.1 Å². The topological polar surface area (TPSA) is 58.6 Å². The van der Waals surface area contributed by atoms with Crippen LogP contribution in [0.4, 0.5) is 0 Å². The lowest BCUT2D eigenvalue weighted by Crippen LogP contribution is -2.32. The number of rotatable bonds is 4. The third kappa shape index (κ3) is 2.57. The molecule has 1 unspecified atom stereocenters. The number of hydrogen-bond donors (Lipinski definition) is 2. The highest BCUT2D eigenvalue weighted by atomic mass is 16.5. The molecule has 0 saturated heterocycles. The van der Waals surface area contributed by atoms with Gasteiger partial charge in [0.05, 0.1) is 6.61 Å². The summed E-state index contributed by atoms with van der Waals surface area (Å²) in [5, 5.41) is 12.5. The van der Waals surface area contributed by atoms with Crippen molar-refractivity contribution in [3.8, 4) is 0 Å². The third-order valence-corrected chi connectivity index (χ3v) is 3.42. The average Bonchev–Trinajstić information content (AvgIpc) is 2.77. The van der Waals surface area contributed by atoms with E-state index in [1.165, 1.54) is 0 Å². The maximum absolute atomic E-state index is 12.1. The van der Waals surface area contributed by atoms with Gasteiger partial charge in [-0.3, -0.25) is 4.79 Å². The molecular weight excluding hydrogens is 229 g/mol. The fourth-order valence-electron chi connectivity index (χ4n) is 1.97. The smallest absolute Gasteiger partial charge is 0.423 e. The van der Waals surface area contributed by atoms with Crippen molar-refractivity contribution in [1.29, 1.82) is 0 Å². The Hall–Kier alpha value is -1.33. The number of nitrogens with one attached hydrogen (secondary N) is 1. The number of hydrogen-bond acceptors (Lipinski definition) is 3. The summed E-state index contributed by atoms with van der Waals surface area (Å²) in [4.78, 5) is 12.1. The fraction of sp³-hybridized carbons (Fsp3) is 0.462. The molecule has 96 valence electrons. The summed E-state index contributed by atoms with van der Waals surface area (Å²) in [7, 11) is -0.901. The van der Waals surface area contributed by atoms with Crippen molar-refractivity contribution in [1.82, 2.24) is 5.32 Å². The van der Waals surface area contributed by atoms with Crippen molar-refractivity contribution >= 4 is 18.5 Å². The molecule has 4 nitrogen and oxygen atoms in total. The van der Waals surface area contributed by atoms with Gasteiger partial charge in [-0.25, -0.2) is 0 Å². The van der Waals surface area contributed by atoms with Gasteiger partial charge in [0.1, 0.15) is 0 Å². The molecule has 0 bridgehead atoms. The summed E-state index contributed by atoms with van der Waals surface area (Å²) < 4.78 is 5.14. The minimum Gasteiger partial charge on any atom is -0.423 e. The highest BCUT2D eigenvalue weighted by molar-refractivity contribution is 6.61. The van der Waals surface area contributed by atoms with E-state index in [4.69, 9.17) is 4.65 Å². The molecule has 1 aliphatic rings. The Morgan fingerprint density at radius 2 is 2.39 bits per heavy atom. The summed E-state index contributed by atoms with van der Waals surface area (Å²) in [6.07, 6.45) is 1.04.